The Hall–Kier alpha value is -1.55. The smallest absolute Gasteiger partial charge is 0.0994 e. The maximum Gasteiger partial charge on any atom is 0.0994 e. The highest BCUT2D eigenvalue weighted by Gasteiger charge is 1.96. The predicted molar refractivity (Wildman–Crippen MR) is 61.8 cm³/mol. The second-order valence-electron chi connectivity index (χ2n) is 2.60. The molecule has 1 aromatic rings. The van der Waals surface area contributed by atoms with Gasteiger partial charge >= 0.3 is 0 Å². The van der Waals surface area contributed by atoms with Crippen LogP contribution in [0.1, 0.15) is 33.3 Å². The van der Waals surface area contributed by atoms with Crippen LogP contribution in [0, 0.1) is 18.3 Å². The van der Waals surface area contributed by atoms with Gasteiger partial charge in [-0.3, -0.25) is 0 Å². The lowest BCUT2D eigenvalue weighted by molar-refractivity contribution is 1.44. The van der Waals surface area contributed by atoms with Crippen molar-refractivity contribution in [3.05, 3.63) is 41.4 Å². The molecule has 0 amide bonds. The number of rotatable bonds is 1. The topological polar surface area (TPSA) is 23.8 Å². The molecule has 0 saturated heterocycles. The molecule has 0 aliphatic rings. The zero-order valence-electron chi connectivity index (χ0n) is 10.3. The van der Waals surface area contributed by atoms with E-state index in [0.717, 1.165) is 11.1 Å². The molecule has 74 valence electrons. The van der Waals surface area contributed by atoms with Crippen LogP contribution in [-0.2, 0) is 0 Å². The Morgan fingerprint density at radius 1 is 1.36 bits per heavy atom. The monoisotopic (exact) mass is 188 g/mol. The van der Waals surface area contributed by atoms with Gasteiger partial charge in [-0.1, -0.05) is 49.7 Å². The van der Waals surface area contributed by atoms with Gasteiger partial charge in [-0.2, -0.15) is 5.26 Å². The number of aryl methyl sites for hydroxylation is 1. The van der Waals surface area contributed by atoms with E-state index in [1.807, 2.05) is 51.1 Å². The first-order chi connectivity index (χ1) is 7.15. The van der Waals surface area contributed by atoms with Crippen LogP contribution in [0.15, 0.2) is 30.3 Å². The molecule has 0 N–H and O–H groups in total. The van der Waals surface area contributed by atoms with Crippen molar-refractivity contribution in [3.63, 3.8) is 0 Å². The Morgan fingerprint density at radius 3 is 2.21 bits per heavy atom. The number of nitriles is 1. The van der Waals surface area contributed by atoms with E-state index in [1.165, 1.54) is 0 Å². The summed E-state index contributed by atoms with van der Waals surface area (Å²) >= 11 is 0. The molecule has 0 radical (unpaired) electrons. The first kappa shape index (κ1) is 10.5. The molecule has 0 aromatic heterocycles. The fourth-order valence-electron chi connectivity index (χ4n) is 0.985. The standard InChI is InChI=1S/C11H11N.C2H6/c1-3-10(8-12)11-6-4-9(2)5-7-11;1-2/h3-7H,1-2H3;1-2H3/b10-3+;/i3D;. The zero-order valence-corrected chi connectivity index (χ0v) is 9.26. The second-order valence-corrected chi connectivity index (χ2v) is 2.60. The summed E-state index contributed by atoms with van der Waals surface area (Å²) in [6.45, 7) is 7.62. The summed E-state index contributed by atoms with van der Waals surface area (Å²) in [5.41, 5.74) is 2.42. The van der Waals surface area contributed by atoms with Crippen molar-refractivity contribution in [2.45, 2.75) is 27.7 Å². The van der Waals surface area contributed by atoms with Gasteiger partial charge in [0, 0.05) is 0 Å². The van der Waals surface area contributed by atoms with E-state index in [9.17, 15) is 0 Å². The molecule has 1 rings (SSSR count). The molecule has 0 fully saturated rings. The maximum atomic E-state index is 8.79. The van der Waals surface area contributed by atoms with Crippen molar-refractivity contribution in [1.29, 1.82) is 5.26 Å². The Labute approximate surface area is 88.1 Å². The molecule has 1 heteroatoms. The maximum absolute atomic E-state index is 8.79. The Morgan fingerprint density at radius 2 is 1.86 bits per heavy atom. The summed E-state index contributed by atoms with van der Waals surface area (Å²) in [7, 11) is 0. The molecule has 0 atom stereocenters. The quantitative estimate of drug-likeness (QED) is 0.612. The van der Waals surface area contributed by atoms with E-state index in [1.54, 1.807) is 6.92 Å². The van der Waals surface area contributed by atoms with Crippen LogP contribution >= 0.6 is 0 Å². The summed E-state index contributed by atoms with van der Waals surface area (Å²) in [4.78, 5) is 0. The number of hydrogen-bond donors (Lipinski definition) is 0. The summed E-state index contributed by atoms with van der Waals surface area (Å²) in [5, 5.41) is 8.79. The second kappa shape index (κ2) is 6.91. The Balaban J connectivity index is 0.000000921. The van der Waals surface area contributed by atoms with Crippen molar-refractivity contribution in [1.82, 2.24) is 0 Å². The van der Waals surface area contributed by atoms with E-state index in [4.69, 9.17) is 6.63 Å². The third-order valence-electron chi connectivity index (χ3n) is 1.70. The van der Waals surface area contributed by atoms with Gasteiger partial charge in [0.1, 0.15) is 0 Å². The highest BCUT2D eigenvalue weighted by atomic mass is 14.2. The van der Waals surface area contributed by atoms with Gasteiger partial charge in [0.2, 0.25) is 0 Å². The lowest BCUT2D eigenvalue weighted by atomic mass is 10.1. The average Bonchev–Trinajstić information content (AvgIpc) is 2.24. The molecule has 0 spiro atoms. The molecule has 0 aliphatic carbocycles. The molecule has 0 unspecified atom stereocenters. The number of allylic oxidation sites excluding steroid dienone is 2. The van der Waals surface area contributed by atoms with Crippen LogP contribution in [0.4, 0.5) is 0 Å². The molecular formula is C13H17N. The molecular weight excluding hydrogens is 170 g/mol. The van der Waals surface area contributed by atoms with Gasteiger partial charge in [0.05, 0.1) is 13.0 Å². The van der Waals surface area contributed by atoms with Crippen LogP contribution in [-0.4, -0.2) is 0 Å². The van der Waals surface area contributed by atoms with Crippen molar-refractivity contribution < 1.29 is 1.37 Å². The molecule has 0 bridgehead atoms. The van der Waals surface area contributed by atoms with Crippen molar-refractivity contribution in [3.8, 4) is 6.07 Å². The minimum atomic E-state index is 0.311. The largest absolute Gasteiger partial charge is 0.192 e. The number of nitrogens with zero attached hydrogens (tertiary/aromatic N) is 1. The lowest BCUT2D eigenvalue weighted by Crippen LogP contribution is -1.80. The highest BCUT2D eigenvalue weighted by molar-refractivity contribution is 5.76. The Bertz CT molecular complexity index is 365. The normalized spacial score (nSPS) is 11.5. The third kappa shape index (κ3) is 3.45. The minimum absolute atomic E-state index is 0.311. The summed E-state index contributed by atoms with van der Waals surface area (Å²) in [5.74, 6) is 0. The van der Waals surface area contributed by atoms with Gasteiger partial charge in [0.25, 0.3) is 0 Å². The summed E-state index contributed by atoms with van der Waals surface area (Å²) < 4.78 is 7.38. The van der Waals surface area contributed by atoms with Crippen molar-refractivity contribution in [2.24, 2.45) is 0 Å². The minimum Gasteiger partial charge on any atom is -0.192 e. The third-order valence-corrected chi connectivity index (χ3v) is 1.70. The van der Waals surface area contributed by atoms with E-state index in [-0.39, 0.29) is 0 Å². The average molecular weight is 188 g/mol. The SMILES string of the molecule is CC.[2H]/C(C)=C(/C#N)c1ccc(C)cc1. The first-order valence-electron chi connectivity index (χ1n) is 5.29. The molecule has 1 aromatic carbocycles. The lowest BCUT2D eigenvalue weighted by Gasteiger charge is -1.97. The van der Waals surface area contributed by atoms with Crippen molar-refractivity contribution >= 4 is 5.57 Å². The van der Waals surface area contributed by atoms with Crippen LogP contribution in [0.25, 0.3) is 5.57 Å². The predicted octanol–water partition coefficient (Wildman–Crippen LogP) is 3.95. The van der Waals surface area contributed by atoms with Gasteiger partial charge in [0.15, 0.2) is 0 Å². The summed E-state index contributed by atoms with van der Waals surface area (Å²) in [6.07, 6.45) is 0. The van der Waals surface area contributed by atoms with Crippen LogP contribution in [0.3, 0.4) is 0 Å². The van der Waals surface area contributed by atoms with Gasteiger partial charge < -0.3 is 0 Å². The molecule has 14 heavy (non-hydrogen) atoms. The molecule has 0 saturated carbocycles. The van der Waals surface area contributed by atoms with E-state index < -0.39 is 0 Å². The van der Waals surface area contributed by atoms with Crippen LogP contribution in [0.5, 0.6) is 0 Å². The van der Waals surface area contributed by atoms with E-state index in [2.05, 4.69) is 0 Å². The van der Waals surface area contributed by atoms with Crippen LogP contribution < -0.4 is 0 Å². The first-order valence-corrected chi connectivity index (χ1v) is 4.79. The van der Waals surface area contributed by atoms with Gasteiger partial charge in [-0.15, -0.1) is 0 Å². The Kier molecular flexibility index (Phi) is 5.20. The molecule has 0 aliphatic heterocycles. The van der Waals surface area contributed by atoms with Gasteiger partial charge in [-0.25, -0.2) is 0 Å². The molecule has 0 heterocycles. The number of benzene rings is 1. The van der Waals surface area contributed by atoms with Crippen LogP contribution in [0.2, 0.25) is 0 Å². The van der Waals surface area contributed by atoms with E-state index >= 15 is 0 Å². The fraction of sp³-hybridized carbons (Fsp3) is 0.308. The van der Waals surface area contributed by atoms with Gasteiger partial charge in [-0.05, 0) is 19.4 Å². The number of hydrogen-bond acceptors (Lipinski definition) is 1. The van der Waals surface area contributed by atoms with Crippen molar-refractivity contribution in [2.75, 3.05) is 0 Å². The highest BCUT2D eigenvalue weighted by Crippen LogP contribution is 2.13. The summed E-state index contributed by atoms with van der Waals surface area (Å²) in [6, 6.07) is 9.95. The fourth-order valence-corrected chi connectivity index (χ4v) is 0.985. The molecule has 1 nitrogen and oxygen atoms in total. The van der Waals surface area contributed by atoms with E-state index in [0.29, 0.717) is 11.6 Å². The zero-order chi connectivity index (χ0) is 11.8.